The van der Waals surface area contributed by atoms with Gasteiger partial charge in [-0.1, -0.05) is 18.2 Å². The molecular formula is C11H11N3O. The van der Waals surface area contributed by atoms with Crippen molar-refractivity contribution in [1.82, 2.24) is 10.2 Å². The fraction of sp³-hybridized carbons (Fsp3) is 0.0909. The largest absolute Gasteiger partial charge is 0.369 e. The predicted octanol–water partition coefficient (Wildman–Crippen LogP) is 1.45. The van der Waals surface area contributed by atoms with E-state index in [4.69, 9.17) is 5.73 Å². The summed E-state index contributed by atoms with van der Waals surface area (Å²) in [6.07, 6.45) is 5.66. The number of hydrogen-bond acceptors (Lipinski definition) is 2. The molecule has 0 bridgehead atoms. The average Bonchev–Trinajstić information content (AvgIpc) is 2.64. The molecule has 1 aromatic carbocycles. The van der Waals surface area contributed by atoms with Crippen LogP contribution in [0.3, 0.4) is 0 Å². The maximum Gasteiger partial charge on any atom is 0.221 e. The summed E-state index contributed by atoms with van der Waals surface area (Å²) in [4.78, 5) is 10.5. The van der Waals surface area contributed by atoms with E-state index in [1.165, 1.54) is 0 Å². The molecule has 0 radical (unpaired) electrons. The molecule has 0 saturated heterocycles. The number of H-pyrrole nitrogens is 1. The van der Waals surface area contributed by atoms with E-state index in [0.717, 1.165) is 16.5 Å². The number of carbonyl (C=O) groups is 1. The molecule has 1 heterocycles. The maximum atomic E-state index is 10.5. The highest BCUT2D eigenvalue weighted by Crippen LogP contribution is 2.13. The zero-order valence-corrected chi connectivity index (χ0v) is 8.10. The SMILES string of the molecule is NC(=O)CC=Cc1ccc2[nH]ncc2c1. The highest BCUT2D eigenvalue weighted by atomic mass is 16.1. The first-order chi connectivity index (χ1) is 7.25. The third-order valence-electron chi connectivity index (χ3n) is 2.09. The van der Waals surface area contributed by atoms with Crippen molar-refractivity contribution >= 4 is 22.9 Å². The number of nitrogens with one attached hydrogen (secondary N) is 1. The number of aromatic amines is 1. The Bertz CT molecular complexity index is 513. The van der Waals surface area contributed by atoms with Gasteiger partial charge in [0.25, 0.3) is 0 Å². The van der Waals surface area contributed by atoms with Crippen LogP contribution >= 0.6 is 0 Å². The van der Waals surface area contributed by atoms with Gasteiger partial charge in [0.15, 0.2) is 0 Å². The van der Waals surface area contributed by atoms with Crippen LogP contribution in [0.2, 0.25) is 0 Å². The van der Waals surface area contributed by atoms with E-state index in [9.17, 15) is 4.79 Å². The van der Waals surface area contributed by atoms with Crippen molar-refractivity contribution in [2.75, 3.05) is 0 Å². The van der Waals surface area contributed by atoms with E-state index in [1.807, 2.05) is 24.3 Å². The molecular weight excluding hydrogens is 190 g/mol. The van der Waals surface area contributed by atoms with Crippen LogP contribution in [-0.2, 0) is 4.79 Å². The summed E-state index contributed by atoms with van der Waals surface area (Å²) in [5, 5.41) is 7.85. The van der Waals surface area contributed by atoms with Gasteiger partial charge in [0.2, 0.25) is 5.91 Å². The van der Waals surface area contributed by atoms with Gasteiger partial charge in [0.05, 0.1) is 11.7 Å². The summed E-state index contributed by atoms with van der Waals surface area (Å²) in [6, 6.07) is 5.90. The molecule has 4 nitrogen and oxygen atoms in total. The van der Waals surface area contributed by atoms with E-state index >= 15 is 0 Å². The zero-order valence-electron chi connectivity index (χ0n) is 8.10. The fourth-order valence-corrected chi connectivity index (χ4v) is 1.38. The number of benzene rings is 1. The molecule has 2 aromatic rings. The second-order valence-electron chi connectivity index (χ2n) is 3.29. The topological polar surface area (TPSA) is 71.8 Å². The molecule has 0 aliphatic rings. The van der Waals surface area contributed by atoms with Crippen LogP contribution in [0, 0.1) is 0 Å². The summed E-state index contributed by atoms with van der Waals surface area (Å²) in [5.41, 5.74) is 7.06. The van der Waals surface area contributed by atoms with Gasteiger partial charge >= 0.3 is 0 Å². The van der Waals surface area contributed by atoms with Gasteiger partial charge in [-0.3, -0.25) is 9.89 Å². The molecule has 0 saturated carbocycles. The molecule has 2 rings (SSSR count). The number of nitrogens with two attached hydrogens (primary N) is 1. The molecule has 0 aliphatic heterocycles. The number of rotatable bonds is 3. The summed E-state index contributed by atoms with van der Waals surface area (Å²) >= 11 is 0. The van der Waals surface area contributed by atoms with Crippen molar-refractivity contribution < 1.29 is 4.79 Å². The quantitative estimate of drug-likeness (QED) is 0.788. The lowest BCUT2D eigenvalue weighted by molar-refractivity contribution is -0.117. The summed E-state index contributed by atoms with van der Waals surface area (Å²) in [7, 11) is 0. The first-order valence-corrected chi connectivity index (χ1v) is 4.64. The number of fused-ring (bicyclic) bond motifs is 1. The number of amides is 1. The minimum Gasteiger partial charge on any atom is -0.369 e. The Morgan fingerprint density at radius 3 is 3.20 bits per heavy atom. The van der Waals surface area contributed by atoms with Crippen molar-refractivity contribution in [1.29, 1.82) is 0 Å². The van der Waals surface area contributed by atoms with E-state index in [2.05, 4.69) is 10.2 Å². The Hall–Kier alpha value is -2.10. The van der Waals surface area contributed by atoms with Crippen molar-refractivity contribution in [2.45, 2.75) is 6.42 Å². The number of hydrogen-bond donors (Lipinski definition) is 2. The van der Waals surface area contributed by atoms with Crippen LogP contribution in [0.25, 0.3) is 17.0 Å². The minimum atomic E-state index is -0.323. The zero-order chi connectivity index (χ0) is 10.7. The van der Waals surface area contributed by atoms with E-state index < -0.39 is 0 Å². The highest BCUT2D eigenvalue weighted by molar-refractivity contribution is 5.81. The predicted molar refractivity (Wildman–Crippen MR) is 58.9 cm³/mol. The third kappa shape index (κ3) is 2.22. The van der Waals surface area contributed by atoms with Gasteiger partial charge in [-0.25, -0.2) is 0 Å². The van der Waals surface area contributed by atoms with Gasteiger partial charge in [-0.15, -0.1) is 0 Å². The molecule has 0 atom stereocenters. The highest BCUT2D eigenvalue weighted by Gasteiger charge is 1.95. The second-order valence-corrected chi connectivity index (χ2v) is 3.29. The van der Waals surface area contributed by atoms with Crippen LogP contribution in [0.15, 0.2) is 30.5 Å². The van der Waals surface area contributed by atoms with Gasteiger partial charge in [-0.05, 0) is 17.7 Å². The van der Waals surface area contributed by atoms with Crippen LogP contribution in [0.1, 0.15) is 12.0 Å². The summed E-state index contributed by atoms with van der Waals surface area (Å²) in [6.45, 7) is 0. The lowest BCUT2D eigenvalue weighted by Gasteiger charge is -1.93. The maximum absolute atomic E-state index is 10.5. The Morgan fingerprint density at radius 1 is 1.53 bits per heavy atom. The van der Waals surface area contributed by atoms with Crippen LogP contribution < -0.4 is 5.73 Å². The molecule has 0 unspecified atom stereocenters. The molecule has 1 amide bonds. The van der Waals surface area contributed by atoms with Gasteiger partial charge in [-0.2, -0.15) is 5.10 Å². The molecule has 1 aromatic heterocycles. The average molecular weight is 201 g/mol. The van der Waals surface area contributed by atoms with E-state index in [0.29, 0.717) is 0 Å². The number of aromatic nitrogens is 2. The normalized spacial score (nSPS) is 11.2. The smallest absolute Gasteiger partial charge is 0.221 e. The van der Waals surface area contributed by atoms with Gasteiger partial charge in [0.1, 0.15) is 0 Å². The first-order valence-electron chi connectivity index (χ1n) is 4.64. The van der Waals surface area contributed by atoms with Gasteiger partial charge in [0, 0.05) is 11.8 Å². The lowest BCUT2D eigenvalue weighted by atomic mass is 10.1. The number of nitrogens with zero attached hydrogens (tertiary/aromatic N) is 1. The van der Waals surface area contributed by atoms with Crippen molar-refractivity contribution in [3.05, 3.63) is 36.0 Å². The Kier molecular flexibility index (Phi) is 2.49. The minimum absolute atomic E-state index is 0.267. The fourth-order valence-electron chi connectivity index (χ4n) is 1.38. The van der Waals surface area contributed by atoms with Crippen LogP contribution in [-0.4, -0.2) is 16.1 Å². The molecule has 0 fully saturated rings. The van der Waals surface area contributed by atoms with Crippen LogP contribution in [0.5, 0.6) is 0 Å². The molecule has 4 heteroatoms. The Balaban J connectivity index is 2.21. The molecule has 15 heavy (non-hydrogen) atoms. The first kappa shape index (κ1) is 9.45. The van der Waals surface area contributed by atoms with Crippen molar-refractivity contribution in [3.63, 3.8) is 0 Å². The van der Waals surface area contributed by atoms with E-state index in [-0.39, 0.29) is 12.3 Å². The standard InChI is InChI=1S/C11H11N3O/c12-11(15)3-1-2-8-4-5-10-9(6-8)7-13-14-10/h1-2,4-7H,3H2,(H2,12,15)(H,13,14). The Morgan fingerprint density at radius 2 is 2.40 bits per heavy atom. The molecule has 0 spiro atoms. The number of carbonyl (C=O) groups excluding carboxylic acids is 1. The lowest BCUT2D eigenvalue weighted by Crippen LogP contribution is -2.07. The number of primary amides is 1. The molecule has 3 N–H and O–H groups in total. The summed E-state index contributed by atoms with van der Waals surface area (Å²) < 4.78 is 0. The molecule has 76 valence electrons. The van der Waals surface area contributed by atoms with Crippen molar-refractivity contribution in [3.8, 4) is 0 Å². The van der Waals surface area contributed by atoms with Crippen LogP contribution in [0.4, 0.5) is 0 Å². The van der Waals surface area contributed by atoms with Crippen molar-refractivity contribution in [2.24, 2.45) is 5.73 Å². The third-order valence-corrected chi connectivity index (χ3v) is 2.09. The summed E-state index contributed by atoms with van der Waals surface area (Å²) in [5.74, 6) is -0.323. The Labute approximate surface area is 86.8 Å². The van der Waals surface area contributed by atoms with E-state index in [1.54, 1.807) is 12.3 Å². The second kappa shape index (κ2) is 3.96. The van der Waals surface area contributed by atoms with Gasteiger partial charge < -0.3 is 5.73 Å². The monoisotopic (exact) mass is 201 g/mol. The molecule has 0 aliphatic carbocycles.